The van der Waals surface area contributed by atoms with Crippen molar-refractivity contribution in [1.29, 1.82) is 0 Å². The molecular formula is C17H21N3O2S2. The predicted octanol–water partition coefficient (Wildman–Crippen LogP) is 2.57. The van der Waals surface area contributed by atoms with Crippen molar-refractivity contribution in [2.24, 2.45) is 0 Å². The Labute approximate surface area is 147 Å². The molecule has 7 heteroatoms. The second-order valence-electron chi connectivity index (χ2n) is 5.79. The molecule has 1 aromatic carbocycles. The molecule has 1 aliphatic rings. The van der Waals surface area contributed by atoms with Gasteiger partial charge in [-0.2, -0.15) is 4.31 Å². The Balaban J connectivity index is 1.56. The maximum absolute atomic E-state index is 12.4. The fourth-order valence-corrected chi connectivity index (χ4v) is 4.44. The molecule has 0 spiro atoms. The Morgan fingerprint density at radius 3 is 2.50 bits per heavy atom. The monoisotopic (exact) mass is 363 g/mol. The zero-order valence-corrected chi connectivity index (χ0v) is 15.3. The van der Waals surface area contributed by atoms with E-state index in [1.165, 1.54) is 5.41 Å². The van der Waals surface area contributed by atoms with Gasteiger partial charge in [0.05, 0.1) is 10.7 Å². The van der Waals surface area contributed by atoms with Crippen LogP contribution in [-0.2, 0) is 16.6 Å². The lowest BCUT2D eigenvalue weighted by Crippen LogP contribution is -2.47. The van der Waals surface area contributed by atoms with Crippen LogP contribution in [-0.4, -0.2) is 48.8 Å². The Morgan fingerprint density at radius 2 is 1.88 bits per heavy atom. The van der Waals surface area contributed by atoms with E-state index in [2.05, 4.69) is 15.3 Å². The summed E-state index contributed by atoms with van der Waals surface area (Å²) < 4.78 is 26.4. The van der Waals surface area contributed by atoms with Crippen molar-refractivity contribution in [3.8, 4) is 0 Å². The van der Waals surface area contributed by atoms with Gasteiger partial charge < -0.3 is 0 Å². The minimum Gasteiger partial charge on any atom is -0.295 e. The molecule has 0 saturated carbocycles. The van der Waals surface area contributed by atoms with Gasteiger partial charge in [0.2, 0.25) is 10.0 Å². The van der Waals surface area contributed by atoms with Crippen molar-refractivity contribution in [2.45, 2.75) is 13.5 Å². The molecule has 0 bridgehead atoms. The summed E-state index contributed by atoms with van der Waals surface area (Å²) in [7, 11) is -3.36. The maximum atomic E-state index is 12.4. The maximum Gasteiger partial charge on any atom is 0.236 e. The average molecular weight is 364 g/mol. The lowest BCUT2D eigenvalue weighted by molar-refractivity contribution is 0.181. The van der Waals surface area contributed by atoms with E-state index in [1.807, 2.05) is 37.3 Å². The molecule has 1 saturated heterocycles. The molecule has 0 radical (unpaired) electrons. The van der Waals surface area contributed by atoms with Gasteiger partial charge in [-0.3, -0.25) is 4.90 Å². The molecule has 2 aromatic rings. The van der Waals surface area contributed by atoms with E-state index in [0.717, 1.165) is 35.9 Å². The van der Waals surface area contributed by atoms with Crippen molar-refractivity contribution >= 4 is 27.4 Å². The van der Waals surface area contributed by atoms with Crippen LogP contribution in [0.3, 0.4) is 0 Å². The second-order valence-corrected chi connectivity index (χ2v) is 8.67. The molecule has 2 heterocycles. The van der Waals surface area contributed by atoms with E-state index in [4.69, 9.17) is 0 Å². The van der Waals surface area contributed by atoms with Gasteiger partial charge in [-0.1, -0.05) is 30.3 Å². The van der Waals surface area contributed by atoms with Gasteiger partial charge in [0, 0.05) is 43.5 Å². The first-order chi connectivity index (χ1) is 11.5. The topological polar surface area (TPSA) is 53.5 Å². The highest BCUT2D eigenvalue weighted by atomic mass is 32.2. The number of hydrogen-bond donors (Lipinski definition) is 0. The van der Waals surface area contributed by atoms with Gasteiger partial charge in [-0.15, -0.1) is 11.3 Å². The number of nitrogens with zero attached hydrogens (tertiary/aromatic N) is 3. The van der Waals surface area contributed by atoms with E-state index < -0.39 is 10.0 Å². The van der Waals surface area contributed by atoms with Gasteiger partial charge in [0.1, 0.15) is 0 Å². The number of thiazole rings is 1. The van der Waals surface area contributed by atoms with Gasteiger partial charge in [0.25, 0.3) is 0 Å². The lowest BCUT2D eigenvalue weighted by Gasteiger charge is -2.32. The summed E-state index contributed by atoms with van der Waals surface area (Å²) in [5.74, 6) is 0. The number of sulfonamides is 1. The van der Waals surface area contributed by atoms with Crippen LogP contribution in [0.25, 0.3) is 6.08 Å². The summed E-state index contributed by atoms with van der Waals surface area (Å²) >= 11 is 1.65. The van der Waals surface area contributed by atoms with Crippen LogP contribution in [0.4, 0.5) is 0 Å². The van der Waals surface area contributed by atoms with Crippen LogP contribution < -0.4 is 0 Å². The normalized spacial score (nSPS) is 17.5. The molecule has 1 fully saturated rings. The molecule has 0 aliphatic carbocycles. The fourth-order valence-electron chi connectivity index (χ4n) is 2.67. The van der Waals surface area contributed by atoms with Gasteiger partial charge in [-0.25, -0.2) is 13.4 Å². The number of benzene rings is 1. The number of piperazine rings is 1. The van der Waals surface area contributed by atoms with Crippen molar-refractivity contribution in [3.05, 3.63) is 57.4 Å². The summed E-state index contributed by atoms with van der Waals surface area (Å²) in [5, 5.41) is 4.44. The molecule has 128 valence electrons. The highest BCUT2D eigenvalue weighted by Gasteiger charge is 2.25. The second kappa shape index (κ2) is 7.57. The van der Waals surface area contributed by atoms with Crippen molar-refractivity contribution < 1.29 is 8.42 Å². The molecule has 1 aromatic heterocycles. The minimum atomic E-state index is -3.36. The smallest absolute Gasteiger partial charge is 0.236 e. The van der Waals surface area contributed by atoms with Crippen LogP contribution in [0.15, 0.2) is 41.1 Å². The van der Waals surface area contributed by atoms with E-state index in [9.17, 15) is 8.42 Å². The molecular weight excluding hydrogens is 342 g/mol. The highest BCUT2D eigenvalue weighted by Crippen LogP contribution is 2.15. The first kappa shape index (κ1) is 17.3. The molecule has 3 rings (SSSR count). The van der Waals surface area contributed by atoms with E-state index in [-0.39, 0.29) is 0 Å². The number of aromatic nitrogens is 1. The molecule has 24 heavy (non-hydrogen) atoms. The highest BCUT2D eigenvalue weighted by molar-refractivity contribution is 7.92. The third-order valence-electron chi connectivity index (χ3n) is 3.98. The first-order valence-electron chi connectivity index (χ1n) is 7.89. The molecule has 0 unspecified atom stereocenters. The van der Waals surface area contributed by atoms with E-state index in [1.54, 1.807) is 21.7 Å². The first-order valence-corrected chi connectivity index (χ1v) is 10.3. The van der Waals surface area contributed by atoms with Crippen LogP contribution in [0.2, 0.25) is 0 Å². The zero-order chi connectivity index (χ0) is 17.0. The van der Waals surface area contributed by atoms with Gasteiger partial charge in [0.15, 0.2) is 0 Å². The van der Waals surface area contributed by atoms with Crippen LogP contribution in [0.5, 0.6) is 0 Å². The number of aryl methyl sites for hydroxylation is 1. The Kier molecular flexibility index (Phi) is 5.45. The summed E-state index contributed by atoms with van der Waals surface area (Å²) in [4.78, 5) is 6.72. The standard InChI is InChI=1S/C17H21N3O2S2/c1-15-18-17(14-23-15)13-19-8-10-20(11-9-19)24(21,22)12-7-16-5-3-2-4-6-16/h2-7,12,14H,8-11,13H2,1H3/b12-7+. The molecule has 0 amide bonds. The van der Waals surface area contributed by atoms with Gasteiger partial charge in [-0.05, 0) is 18.6 Å². The largest absolute Gasteiger partial charge is 0.295 e. The van der Waals surface area contributed by atoms with Crippen molar-refractivity contribution in [2.75, 3.05) is 26.2 Å². The Bertz CT molecular complexity index is 792. The molecule has 0 atom stereocenters. The van der Waals surface area contributed by atoms with Crippen LogP contribution in [0, 0.1) is 6.92 Å². The molecule has 0 N–H and O–H groups in total. The molecule has 5 nitrogen and oxygen atoms in total. The van der Waals surface area contributed by atoms with Crippen LogP contribution in [0.1, 0.15) is 16.3 Å². The lowest BCUT2D eigenvalue weighted by atomic mass is 10.2. The SMILES string of the molecule is Cc1nc(CN2CCN(S(=O)(=O)/C=C/c3ccccc3)CC2)cs1. The third-order valence-corrected chi connectivity index (χ3v) is 6.36. The van der Waals surface area contributed by atoms with Crippen molar-refractivity contribution in [3.63, 3.8) is 0 Å². The van der Waals surface area contributed by atoms with E-state index in [0.29, 0.717) is 13.1 Å². The third kappa shape index (κ3) is 4.51. The number of hydrogen-bond acceptors (Lipinski definition) is 5. The molecule has 1 aliphatic heterocycles. The quantitative estimate of drug-likeness (QED) is 0.819. The number of rotatable bonds is 5. The van der Waals surface area contributed by atoms with Gasteiger partial charge >= 0.3 is 0 Å². The Morgan fingerprint density at radius 1 is 1.17 bits per heavy atom. The fraction of sp³-hybridized carbons (Fsp3) is 0.353. The summed E-state index contributed by atoms with van der Waals surface area (Å²) in [6.07, 6.45) is 1.65. The summed E-state index contributed by atoms with van der Waals surface area (Å²) in [5.41, 5.74) is 1.95. The Hall–Kier alpha value is -1.54. The summed E-state index contributed by atoms with van der Waals surface area (Å²) in [6.45, 7) is 5.29. The van der Waals surface area contributed by atoms with Crippen LogP contribution >= 0.6 is 11.3 Å². The van der Waals surface area contributed by atoms with E-state index >= 15 is 0 Å². The average Bonchev–Trinajstić information content (AvgIpc) is 2.99. The predicted molar refractivity (Wildman–Crippen MR) is 98.1 cm³/mol. The zero-order valence-electron chi connectivity index (χ0n) is 13.6. The van der Waals surface area contributed by atoms with Crippen molar-refractivity contribution in [1.82, 2.24) is 14.2 Å². The summed E-state index contributed by atoms with van der Waals surface area (Å²) in [6, 6.07) is 9.48. The minimum absolute atomic E-state index is 0.518.